The third-order valence-electron chi connectivity index (χ3n) is 3.15. The lowest BCUT2D eigenvalue weighted by Crippen LogP contribution is -2.18. The van der Waals surface area contributed by atoms with E-state index in [4.69, 9.17) is 4.74 Å². The van der Waals surface area contributed by atoms with E-state index in [1.807, 2.05) is 6.92 Å². The zero-order valence-electron chi connectivity index (χ0n) is 10.2. The van der Waals surface area contributed by atoms with E-state index in [1.54, 1.807) is 0 Å². The largest absolute Gasteiger partial charge is 0.490 e. The minimum absolute atomic E-state index is 0.0651. The van der Waals surface area contributed by atoms with Crippen LogP contribution in [0.25, 0.3) is 0 Å². The number of hydrogen-bond donors (Lipinski definition) is 1. The number of carbonyl (C=O) groups excluding carboxylic acids is 1. The van der Waals surface area contributed by atoms with Crippen molar-refractivity contribution >= 4 is 17.3 Å². The molecule has 1 aliphatic heterocycles. The number of methoxy groups -OCH3 is 1. The molecule has 1 N–H and O–H groups in total. The smallest absolute Gasteiger partial charge is 0.311 e. The highest BCUT2D eigenvalue weighted by atomic mass is 16.6. The van der Waals surface area contributed by atoms with Gasteiger partial charge in [0.05, 0.1) is 12.0 Å². The van der Waals surface area contributed by atoms with Crippen LogP contribution in [0.2, 0.25) is 0 Å². The first-order chi connectivity index (χ1) is 8.52. The fourth-order valence-electron chi connectivity index (χ4n) is 2.00. The lowest BCUT2D eigenvalue weighted by molar-refractivity contribution is -0.385. The van der Waals surface area contributed by atoms with Crippen LogP contribution in [0, 0.1) is 16.0 Å². The minimum Gasteiger partial charge on any atom is -0.490 e. The molecular formula is C12H14N2O4. The lowest BCUT2D eigenvalue weighted by Gasteiger charge is -2.09. The Morgan fingerprint density at radius 3 is 2.83 bits per heavy atom. The van der Waals surface area contributed by atoms with Crippen LogP contribution in [-0.2, 0) is 11.2 Å². The number of nitrogens with one attached hydrogen (secondary N) is 1. The number of fused-ring (bicyclic) bond motifs is 1. The fourth-order valence-corrected chi connectivity index (χ4v) is 2.00. The SMILES string of the molecule is COc1cc2c(cc1[N+](=O)[O-])CCC(C)C(=O)N2. The van der Waals surface area contributed by atoms with Gasteiger partial charge in [0.15, 0.2) is 5.75 Å². The normalized spacial score (nSPS) is 18.6. The minimum atomic E-state index is -0.477. The number of nitrogens with zero attached hydrogens (tertiary/aromatic N) is 1. The topological polar surface area (TPSA) is 81.5 Å². The summed E-state index contributed by atoms with van der Waals surface area (Å²) in [5.74, 6) is 0.000658. The van der Waals surface area contributed by atoms with Crippen LogP contribution in [0.5, 0.6) is 5.75 Å². The van der Waals surface area contributed by atoms with Crippen LogP contribution < -0.4 is 10.1 Å². The molecule has 0 saturated heterocycles. The summed E-state index contributed by atoms with van der Waals surface area (Å²) in [7, 11) is 1.37. The molecule has 18 heavy (non-hydrogen) atoms. The molecule has 0 bridgehead atoms. The van der Waals surface area contributed by atoms with Crippen molar-refractivity contribution in [2.24, 2.45) is 5.92 Å². The van der Waals surface area contributed by atoms with Crippen molar-refractivity contribution in [2.45, 2.75) is 19.8 Å². The van der Waals surface area contributed by atoms with Crippen molar-refractivity contribution in [1.82, 2.24) is 0 Å². The van der Waals surface area contributed by atoms with Gasteiger partial charge in [-0.3, -0.25) is 14.9 Å². The summed E-state index contributed by atoms with van der Waals surface area (Å²) in [6.07, 6.45) is 1.32. The predicted molar refractivity (Wildman–Crippen MR) is 65.8 cm³/mol. The van der Waals surface area contributed by atoms with E-state index in [2.05, 4.69) is 5.32 Å². The monoisotopic (exact) mass is 250 g/mol. The fraction of sp³-hybridized carbons (Fsp3) is 0.417. The van der Waals surface area contributed by atoms with Gasteiger partial charge in [0, 0.05) is 23.7 Å². The molecular weight excluding hydrogens is 236 g/mol. The van der Waals surface area contributed by atoms with Gasteiger partial charge < -0.3 is 10.1 Å². The average Bonchev–Trinajstić information content (AvgIpc) is 2.48. The van der Waals surface area contributed by atoms with Gasteiger partial charge in [0.2, 0.25) is 5.91 Å². The molecule has 1 heterocycles. The molecule has 1 aromatic rings. The first-order valence-corrected chi connectivity index (χ1v) is 5.69. The van der Waals surface area contributed by atoms with E-state index in [0.717, 1.165) is 5.56 Å². The third kappa shape index (κ3) is 2.13. The van der Waals surface area contributed by atoms with Crippen molar-refractivity contribution in [1.29, 1.82) is 0 Å². The van der Waals surface area contributed by atoms with Crippen LogP contribution in [0.1, 0.15) is 18.9 Å². The molecule has 6 nitrogen and oxygen atoms in total. The predicted octanol–water partition coefficient (Wildman–Crippen LogP) is 2.12. The number of aryl methyl sites for hydroxylation is 1. The van der Waals surface area contributed by atoms with Gasteiger partial charge in [-0.15, -0.1) is 0 Å². The zero-order valence-corrected chi connectivity index (χ0v) is 10.2. The zero-order chi connectivity index (χ0) is 13.3. The van der Waals surface area contributed by atoms with Crippen molar-refractivity contribution in [3.8, 4) is 5.75 Å². The molecule has 1 amide bonds. The Morgan fingerprint density at radius 2 is 2.22 bits per heavy atom. The number of amides is 1. The molecule has 0 aromatic heterocycles. The number of ether oxygens (including phenoxy) is 1. The summed E-state index contributed by atoms with van der Waals surface area (Å²) in [6.45, 7) is 1.84. The number of nitro benzene ring substituents is 1. The van der Waals surface area contributed by atoms with Gasteiger partial charge in [-0.05, 0) is 18.4 Å². The van der Waals surface area contributed by atoms with Gasteiger partial charge in [0.25, 0.3) is 0 Å². The standard InChI is InChI=1S/C12H14N2O4/c1-7-3-4-8-5-10(14(16)17)11(18-2)6-9(8)13-12(7)15/h5-7H,3-4H2,1-2H3,(H,13,15). The molecule has 0 spiro atoms. The van der Waals surface area contributed by atoms with Crippen LogP contribution >= 0.6 is 0 Å². The molecule has 1 aromatic carbocycles. The summed E-state index contributed by atoms with van der Waals surface area (Å²) in [5.41, 5.74) is 1.31. The molecule has 96 valence electrons. The summed E-state index contributed by atoms with van der Waals surface area (Å²) >= 11 is 0. The quantitative estimate of drug-likeness (QED) is 0.644. The number of hydrogen-bond acceptors (Lipinski definition) is 4. The van der Waals surface area contributed by atoms with Crippen molar-refractivity contribution in [3.63, 3.8) is 0 Å². The van der Waals surface area contributed by atoms with Crippen LogP contribution in [-0.4, -0.2) is 17.9 Å². The highest BCUT2D eigenvalue weighted by molar-refractivity contribution is 5.94. The molecule has 0 radical (unpaired) electrons. The molecule has 1 unspecified atom stereocenters. The maximum Gasteiger partial charge on any atom is 0.311 e. The van der Waals surface area contributed by atoms with E-state index in [-0.39, 0.29) is 23.3 Å². The van der Waals surface area contributed by atoms with Gasteiger partial charge in [0.1, 0.15) is 0 Å². The maximum atomic E-state index is 11.7. The molecule has 0 aliphatic carbocycles. The summed E-state index contributed by atoms with van der Waals surface area (Å²) < 4.78 is 4.98. The van der Waals surface area contributed by atoms with E-state index >= 15 is 0 Å². The van der Waals surface area contributed by atoms with E-state index in [1.165, 1.54) is 19.2 Å². The molecule has 6 heteroatoms. The Hall–Kier alpha value is -2.11. The summed E-state index contributed by atoms with van der Waals surface area (Å²) in [5, 5.41) is 13.7. The Morgan fingerprint density at radius 1 is 1.50 bits per heavy atom. The first kappa shape index (κ1) is 12.3. The molecule has 2 rings (SSSR count). The third-order valence-corrected chi connectivity index (χ3v) is 3.15. The second-order valence-electron chi connectivity index (χ2n) is 4.37. The Balaban J connectivity index is 2.50. The Labute approximate surface area is 104 Å². The Kier molecular flexibility index (Phi) is 3.18. The van der Waals surface area contributed by atoms with Crippen molar-refractivity contribution in [3.05, 3.63) is 27.8 Å². The van der Waals surface area contributed by atoms with Gasteiger partial charge in [-0.2, -0.15) is 0 Å². The van der Waals surface area contributed by atoms with Crippen LogP contribution in [0.4, 0.5) is 11.4 Å². The lowest BCUT2D eigenvalue weighted by atomic mass is 10.0. The van der Waals surface area contributed by atoms with E-state index in [0.29, 0.717) is 18.5 Å². The first-order valence-electron chi connectivity index (χ1n) is 5.69. The van der Waals surface area contributed by atoms with Crippen molar-refractivity contribution < 1.29 is 14.5 Å². The van der Waals surface area contributed by atoms with Crippen LogP contribution in [0.3, 0.4) is 0 Å². The molecule has 1 atom stereocenters. The second-order valence-corrected chi connectivity index (χ2v) is 4.37. The van der Waals surface area contributed by atoms with Crippen LogP contribution in [0.15, 0.2) is 12.1 Å². The molecule has 0 saturated carbocycles. The summed E-state index contributed by atoms with van der Waals surface area (Å²) in [4.78, 5) is 22.2. The van der Waals surface area contributed by atoms with E-state index < -0.39 is 4.92 Å². The summed E-state index contributed by atoms with van der Waals surface area (Å²) in [6, 6.07) is 3.00. The van der Waals surface area contributed by atoms with Gasteiger partial charge in [-0.1, -0.05) is 6.92 Å². The number of rotatable bonds is 2. The van der Waals surface area contributed by atoms with E-state index in [9.17, 15) is 14.9 Å². The highest BCUT2D eigenvalue weighted by Crippen LogP contribution is 2.35. The van der Waals surface area contributed by atoms with Crippen molar-refractivity contribution in [2.75, 3.05) is 12.4 Å². The van der Waals surface area contributed by atoms with Gasteiger partial charge >= 0.3 is 5.69 Å². The second kappa shape index (κ2) is 4.64. The Bertz CT molecular complexity index is 513. The molecule has 0 fully saturated rings. The number of carbonyl (C=O) groups is 1. The number of nitro groups is 1. The highest BCUT2D eigenvalue weighted by Gasteiger charge is 2.24. The van der Waals surface area contributed by atoms with Gasteiger partial charge in [-0.25, -0.2) is 0 Å². The number of benzene rings is 1. The number of anilines is 1. The average molecular weight is 250 g/mol. The molecule has 1 aliphatic rings. The maximum absolute atomic E-state index is 11.7.